The Hall–Kier alpha value is -4.44. The molecule has 1 aliphatic carbocycles. The molecular weight excluding hydrogens is 548 g/mol. The molecule has 1 aromatic heterocycles. The van der Waals surface area contributed by atoms with Gasteiger partial charge in [0.15, 0.2) is 0 Å². The van der Waals surface area contributed by atoms with Crippen molar-refractivity contribution in [2.75, 3.05) is 13.7 Å². The van der Waals surface area contributed by atoms with Gasteiger partial charge in [-0.25, -0.2) is 4.68 Å². The number of carboxylic acid groups (broad SMARTS) is 2. The second-order valence-electron chi connectivity index (χ2n) is 11.4. The summed E-state index contributed by atoms with van der Waals surface area (Å²) in [6.07, 6.45) is 2.09. The topological polar surface area (TPSA) is 127 Å². The van der Waals surface area contributed by atoms with Crippen LogP contribution in [0.5, 0.6) is 11.5 Å². The molecule has 43 heavy (non-hydrogen) atoms. The van der Waals surface area contributed by atoms with E-state index in [0.717, 1.165) is 59.4 Å². The predicted molar refractivity (Wildman–Crippen MR) is 162 cm³/mol. The zero-order valence-corrected chi connectivity index (χ0v) is 25.2. The molecule has 2 unspecified atom stereocenters. The van der Waals surface area contributed by atoms with Crippen molar-refractivity contribution in [3.8, 4) is 11.5 Å². The van der Waals surface area contributed by atoms with Gasteiger partial charge in [-0.2, -0.15) is 0 Å². The van der Waals surface area contributed by atoms with Gasteiger partial charge in [0.05, 0.1) is 13.5 Å². The Kier molecular flexibility index (Phi) is 8.68. The maximum absolute atomic E-state index is 12.2. The molecule has 0 bridgehead atoms. The van der Waals surface area contributed by atoms with E-state index in [0.29, 0.717) is 5.75 Å². The van der Waals surface area contributed by atoms with Gasteiger partial charge in [-0.3, -0.25) is 14.5 Å². The number of methoxy groups -OCH3 is 1. The first-order valence-corrected chi connectivity index (χ1v) is 14.4. The third-order valence-electron chi connectivity index (χ3n) is 8.58. The lowest BCUT2D eigenvalue weighted by Crippen LogP contribution is -2.33. The van der Waals surface area contributed by atoms with E-state index in [4.69, 9.17) is 19.4 Å². The summed E-state index contributed by atoms with van der Waals surface area (Å²) in [5, 5.41) is 25.4. The molecule has 226 valence electrons. The van der Waals surface area contributed by atoms with Gasteiger partial charge in [-0.1, -0.05) is 41.1 Å². The molecule has 3 atom stereocenters. The van der Waals surface area contributed by atoms with Gasteiger partial charge in [0.1, 0.15) is 28.6 Å². The number of benzene rings is 3. The van der Waals surface area contributed by atoms with Crippen LogP contribution in [0.3, 0.4) is 0 Å². The van der Waals surface area contributed by atoms with Crippen molar-refractivity contribution in [2.45, 2.75) is 64.6 Å². The molecule has 6 rings (SSSR count). The van der Waals surface area contributed by atoms with Crippen LogP contribution < -0.4 is 9.47 Å². The van der Waals surface area contributed by atoms with Gasteiger partial charge in [0.25, 0.3) is 6.47 Å². The van der Waals surface area contributed by atoms with Gasteiger partial charge < -0.3 is 19.7 Å². The zero-order valence-electron chi connectivity index (χ0n) is 25.2. The summed E-state index contributed by atoms with van der Waals surface area (Å²) in [5.74, 6) is 0.423. The minimum Gasteiger partial charge on any atom is -0.494 e. The fourth-order valence-corrected chi connectivity index (χ4v) is 6.69. The highest BCUT2D eigenvalue weighted by molar-refractivity contribution is 5.86. The summed E-state index contributed by atoms with van der Waals surface area (Å²) < 4.78 is 13.7. The maximum Gasteiger partial charge on any atom is 0.304 e. The van der Waals surface area contributed by atoms with Crippen molar-refractivity contribution in [3.05, 3.63) is 81.4 Å². The Morgan fingerprint density at radius 3 is 2.67 bits per heavy atom. The minimum absolute atomic E-state index is 0.0273. The molecule has 2 heterocycles. The number of aryl methyl sites for hydroxylation is 4. The molecule has 0 saturated heterocycles. The third kappa shape index (κ3) is 5.92. The SMILES string of the molecule is COc1cc(C(CC(=O)O)c2ccc3c(c2)C(N2Cc4cc(C)ccc4O[C@H](C)C2)CC3)c(C)c2nnn(C)c12.O=CO. The summed E-state index contributed by atoms with van der Waals surface area (Å²) in [6, 6.07) is 15.2. The summed E-state index contributed by atoms with van der Waals surface area (Å²) >= 11 is 0. The molecular formula is C33H38N4O6. The van der Waals surface area contributed by atoms with Crippen LogP contribution in [-0.4, -0.2) is 62.3 Å². The summed E-state index contributed by atoms with van der Waals surface area (Å²) in [6.45, 7) is 7.66. The van der Waals surface area contributed by atoms with E-state index in [1.165, 1.54) is 22.3 Å². The molecule has 0 radical (unpaired) electrons. The number of hydrogen-bond acceptors (Lipinski definition) is 7. The number of fused-ring (bicyclic) bond motifs is 3. The lowest BCUT2D eigenvalue weighted by molar-refractivity contribution is -0.137. The molecule has 1 aliphatic heterocycles. The normalized spacial score (nSPS) is 18.4. The monoisotopic (exact) mass is 586 g/mol. The predicted octanol–water partition coefficient (Wildman–Crippen LogP) is 5.17. The molecule has 10 heteroatoms. The van der Waals surface area contributed by atoms with Crippen molar-refractivity contribution in [1.82, 2.24) is 19.9 Å². The summed E-state index contributed by atoms with van der Waals surface area (Å²) in [7, 11) is 3.46. The Labute approximate surface area is 250 Å². The number of carbonyl (C=O) groups is 2. The second kappa shape index (κ2) is 12.4. The van der Waals surface area contributed by atoms with Crippen molar-refractivity contribution >= 4 is 23.5 Å². The van der Waals surface area contributed by atoms with Crippen LogP contribution in [0.25, 0.3) is 11.0 Å². The molecule has 4 aromatic rings. The molecule has 2 N–H and O–H groups in total. The smallest absolute Gasteiger partial charge is 0.304 e. The average Bonchev–Trinajstić information content (AvgIpc) is 3.53. The molecule has 0 fully saturated rings. The summed E-state index contributed by atoms with van der Waals surface area (Å²) in [5.41, 5.74) is 9.45. The molecule has 3 aromatic carbocycles. The number of ether oxygens (including phenoxy) is 2. The highest BCUT2D eigenvalue weighted by atomic mass is 16.5. The van der Waals surface area contributed by atoms with E-state index in [1.807, 2.05) is 20.0 Å². The highest BCUT2D eigenvalue weighted by Gasteiger charge is 2.33. The van der Waals surface area contributed by atoms with Crippen molar-refractivity contribution in [2.24, 2.45) is 7.05 Å². The maximum atomic E-state index is 12.2. The Balaban J connectivity index is 0.00000118. The Morgan fingerprint density at radius 1 is 1.19 bits per heavy atom. The van der Waals surface area contributed by atoms with E-state index < -0.39 is 5.97 Å². The van der Waals surface area contributed by atoms with Gasteiger partial charge in [0, 0.05) is 37.7 Å². The fourth-order valence-electron chi connectivity index (χ4n) is 6.69. The van der Waals surface area contributed by atoms with E-state index in [9.17, 15) is 9.90 Å². The number of carboxylic acids is 1. The highest BCUT2D eigenvalue weighted by Crippen LogP contribution is 2.43. The molecule has 0 amide bonds. The average molecular weight is 587 g/mol. The van der Waals surface area contributed by atoms with E-state index in [1.54, 1.807) is 11.8 Å². The molecule has 0 spiro atoms. The number of nitrogens with zero attached hydrogens (tertiary/aromatic N) is 4. The van der Waals surface area contributed by atoms with Crippen LogP contribution >= 0.6 is 0 Å². The minimum atomic E-state index is -0.842. The number of aromatic nitrogens is 3. The number of rotatable bonds is 6. The standard InChI is InChI=1S/C32H36N4O4.CH2O2/c1-18-6-11-28-23(12-18)17-36(16-19(2)40-28)27-10-9-21-7-8-22(13-26(21)27)25(15-30(37)38)24-14-29(39-5)32-31(20(24)3)33-34-35(32)4;2-1-3/h6-8,11-14,19,25,27H,9-10,15-17H2,1-5H3,(H,37,38);1H,(H,2,3)/t19-,25?,27?;/m1./s1. The fraction of sp³-hybridized carbons (Fsp3) is 0.394. The zero-order chi connectivity index (χ0) is 30.8. The van der Waals surface area contributed by atoms with E-state index in [-0.39, 0.29) is 31.0 Å². The van der Waals surface area contributed by atoms with Crippen molar-refractivity contribution in [3.63, 3.8) is 0 Å². The number of aliphatic carboxylic acids is 1. The summed E-state index contributed by atoms with van der Waals surface area (Å²) in [4.78, 5) is 23.1. The van der Waals surface area contributed by atoms with Gasteiger partial charge in [-0.15, -0.1) is 5.10 Å². The van der Waals surface area contributed by atoms with Crippen LogP contribution in [0.4, 0.5) is 0 Å². The van der Waals surface area contributed by atoms with E-state index >= 15 is 0 Å². The van der Waals surface area contributed by atoms with E-state index in [2.05, 4.69) is 65.5 Å². The third-order valence-corrected chi connectivity index (χ3v) is 8.58. The Bertz CT molecular complexity index is 1670. The van der Waals surface area contributed by atoms with Crippen LogP contribution in [0.1, 0.15) is 70.7 Å². The quantitative estimate of drug-likeness (QED) is 0.294. The van der Waals surface area contributed by atoms with Crippen LogP contribution in [0, 0.1) is 13.8 Å². The lowest BCUT2D eigenvalue weighted by Gasteiger charge is -2.30. The number of hydrogen-bond donors (Lipinski definition) is 2. The largest absolute Gasteiger partial charge is 0.494 e. The molecule has 10 nitrogen and oxygen atoms in total. The van der Waals surface area contributed by atoms with Crippen molar-refractivity contribution < 1.29 is 29.3 Å². The second-order valence-corrected chi connectivity index (χ2v) is 11.4. The van der Waals surface area contributed by atoms with Crippen molar-refractivity contribution in [1.29, 1.82) is 0 Å². The van der Waals surface area contributed by atoms with Crippen LogP contribution in [-0.2, 0) is 29.6 Å². The first-order valence-electron chi connectivity index (χ1n) is 14.4. The van der Waals surface area contributed by atoms with Crippen LogP contribution in [0.15, 0.2) is 42.5 Å². The first kappa shape index (κ1) is 30.0. The lowest BCUT2D eigenvalue weighted by atomic mass is 9.84. The van der Waals surface area contributed by atoms with Gasteiger partial charge >= 0.3 is 5.97 Å². The van der Waals surface area contributed by atoms with Gasteiger partial charge in [0.2, 0.25) is 0 Å². The Morgan fingerprint density at radius 2 is 1.95 bits per heavy atom. The molecule has 2 aliphatic rings. The first-order chi connectivity index (χ1) is 20.6. The molecule has 0 saturated carbocycles. The van der Waals surface area contributed by atoms with Gasteiger partial charge in [-0.05, 0) is 73.6 Å². The van der Waals surface area contributed by atoms with Crippen LogP contribution in [0.2, 0.25) is 0 Å².